The van der Waals surface area contributed by atoms with Gasteiger partial charge in [0.15, 0.2) is 0 Å². The van der Waals surface area contributed by atoms with Crippen molar-refractivity contribution in [3.8, 4) is 0 Å². The van der Waals surface area contributed by atoms with E-state index in [1.54, 1.807) is 12.1 Å². The monoisotopic (exact) mass is 349 g/mol. The average Bonchev–Trinajstić information content (AvgIpc) is 2.46. The number of benzene rings is 2. The fourth-order valence-electron chi connectivity index (χ4n) is 2.38. The van der Waals surface area contributed by atoms with Gasteiger partial charge in [0.05, 0.1) is 0 Å². The Balaban J connectivity index is 2.19. The Kier molecular flexibility index (Phi) is 5.95. The van der Waals surface area contributed by atoms with Gasteiger partial charge < -0.3 is 5.32 Å². The molecule has 3 heteroatoms. The summed E-state index contributed by atoms with van der Waals surface area (Å²) >= 11 is 3.45. The van der Waals surface area contributed by atoms with Gasteiger partial charge in [-0.25, -0.2) is 4.39 Å². The number of hydrogen-bond acceptors (Lipinski definition) is 1. The van der Waals surface area contributed by atoms with Crippen LogP contribution in [0.15, 0.2) is 53.0 Å². The van der Waals surface area contributed by atoms with Gasteiger partial charge in [0, 0.05) is 23.0 Å². The molecule has 1 atom stereocenters. The van der Waals surface area contributed by atoms with Crippen molar-refractivity contribution in [3.05, 3.63) is 69.9 Å². The summed E-state index contributed by atoms with van der Waals surface area (Å²) in [5.74, 6) is 0.0138. The molecule has 0 spiro atoms. The highest BCUT2D eigenvalue weighted by Gasteiger charge is 2.16. The third-order valence-electron chi connectivity index (χ3n) is 3.51. The summed E-state index contributed by atoms with van der Waals surface area (Å²) in [7, 11) is 0. The van der Waals surface area contributed by atoms with Crippen molar-refractivity contribution in [3.63, 3.8) is 0 Å². The summed E-state index contributed by atoms with van der Waals surface area (Å²) in [6.45, 7) is 4.99. The van der Waals surface area contributed by atoms with E-state index in [1.807, 2.05) is 24.3 Å². The molecule has 1 unspecified atom stereocenters. The molecular formula is C18H21BrFN. The molecule has 0 aromatic heterocycles. The maximum absolute atomic E-state index is 14.1. The van der Waals surface area contributed by atoms with Crippen molar-refractivity contribution in [2.45, 2.75) is 32.2 Å². The molecule has 1 nitrogen and oxygen atoms in total. The molecule has 0 radical (unpaired) electrons. The van der Waals surface area contributed by atoms with Crippen LogP contribution in [0.25, 0.3) is 0 Å². The van der Waals surface area contributed by atoms with Crippen LogP contribution in [0, 0.1) is 5.82 Å². The molecule has 2 aromatic carbocycles. The van der Waals surface area contributed by atoms with Crippen LogP contribution in [0.5, 0.6) is 0 Å². The van der Waals surface area contributed by atoms with E-state index in [0.29, 0.717) is 6.04 Å². The number of halogens is 2. The maximum Gasteiger partial charge on any atom is 0.126 e. The van der Waals surface area contributed by atoms with Gasteiger partial charge in [0.2, 0.25) is 0 Å². The Morgan fingerprint density at radius 2 is 1.71 bits per heavy atom. The van der Waals surface area contributed by atoms with Gasteiger partial charge in [0.25, 0.3) is 0 Å². The van der Waals surface area contributed by atoms with E-state index in [2.05, 4.69) is 47.2 Å². The zero-order chi connectivity index (χ0) is 15.2. The van der Waals surface area contributed by atoms with Crippen molar-refractivity contribution < 1.29 is 4.39 Å². The van der Waals surface area contributed by atoms with Crippen molar-refractivity contribution in [2.75, 3.05) is 6.54 Å². The van der Waals surface area contributed by atoms with E-state index in [0.717, 1.165) is 23.0 Å². The highest BCUT2D eigenvalue weighted by atomic mass is 79.9. The molecule has 0 fully saturated rings. The Morgan fingerprint density at radius 3 is 2.33 bits per heavy atom. The Morgan fingerprint density at radius 1 is 1.05 bits per heavy atom. The average molecular weight is 350 g/mol. The fourth-order valence-corrected chi connectivity index (χ4v) is 2.65. The second kappa shape index (κ2) is 7.71. The minimum absolute atomic E-state index is 0.120. The summed E-state index contributed by atoms with van der Waals surface area (Å²) in [5.41, 5.74) is 2.01. The minimum atomic E-state index is -0.120. The van der Waals surface area contributed by atoms with Crippen LogP contribution in [-0.2, 0) is 6.42 Å². The second-order valence-electron chi connectivity index (χ2n) is 5.61. The van der Waals surface area contributed by atoms with E-state index < -0.39 is 0 Å². The molecule has 0 saturated carbocycles. The molecule has 112 valence electrons. The highest BCUT2D eigenvalue weighted by molar-refractivity contribution is 9.10. The maximum atomic E-state index is 14.1. The van der Waals surface area contributed by atoms with Gasteiger partial charge in [-0.1, -0.05) is 60.1 Å². The SMILES string of the molecule is CC(C)NCC(Cc1ccc(Br)cc1)c1ccccc1F. The molecule has 2 rings (SSSR count). The van der Waals surface area contributed by atoms with Gasteiger partial charge in [-0.2, -0.15) is 0 Å². The summed E-state index contributed by atoms with van der Waals surface area (Å²) in [6.07, 6.45) is 0.827. The van der Waals surface area contributed by atoms with E-state index in [9.17, 15) is 4.39 Å². The normalized spacial score (nSPS) is 12.6. The number of nitrogens with one attached hydrogen (secondary N) is 1. The summed E-state index contributed by atoms with van der Waals surface area (Å²) in [5, 5.41) is 3.43. The predicted octanol–water partition coefficient (Wildman–Crippen LogP) is 4.91. The molecule has 1 N–H and O–H groups in total. The molecule has 21 heavy (non-hydrogen) atoms. The molecule has 0 aliphatic carbocycles. The first-order valence-corrected chi connectivity index (χ1v) is 8.08. The number of rotatable bonds is 6. The topological polar surface area (TPSA) is 12.0 Å². The lowest BCUT2D eigenvalue weighted by atomic mass is 9.91. The summed E-state index contributed by atoms with van der Waals surface area (Å²) in [4.78, 5) is 0. The van der Waals surface area contributed by atoms with Crippen LogP contribution in [0.1, 0.15) is 30.9 Å². The smallest absolute Gasteiger partial charge is 0.126 e. The third kappa shape index (κ3) is 4.94. The first-order valence-electron chi connectivity index (χ1n) is 7.28. The van der Waals surface area contributed by atoms with Crippen LogP contribution in [0.2, 0.25) is 0 Å². The van der Waals surface area contributed by atoms with Gasteiger partial charge in [-0.15, -0.1) is 0 Å². The predicted molar refractivity (Wildman–Crippen MR) is 90.1 cm³/mol. The van der Waals surface area contributed by atoms with E-state index in [-0.39, 0.29) is 11.7 Å². The molecule has 2 aromatic rings. The van der Waals surface area contributed by atoms with Crippen LogP contribution >= 0.6 is 15.9 Å². The van der Waals surface area contributed by atoms with E-state index in [1.165, 1.54) is 5.56 Å². The van der Waals surface area contributed by atoms with Gasteiger partial charge in [-0.05, 0) is 35.7 Å². The van der Waals surface area contributed by atoms with Crippen LogP contribution in [0.4, 0.5) is 4.39 Å². The quantitative estimate of drug-likeness (QED) is 0.780. The van der Waals surface area contributed by atoms with Crippen molar-refractivity contribution in [1.29, 1.82) is 0 Å². The molecule has 0 bridgehead atoms. The lowest BCUT2D eigenvalue weighted by molar-refractivity contribution is 0.505. The Bertz CT molecular complexity index is 566. The van der Waals surface area contributed by atoms with Crippen molar-refractivity contribution in [2.24, 2.45) is 0 Å². The molecule has 0 amide bonds. The molecule has 0 aliphatic rings. The molecule has 0 saturated heterocycles. The molecular weight excluding hydrogens is 329 g/mol. The van der Waals surface area contributed by atoms with E-state index >= 15 is 0 Å². The van der Waals surface area contributed by atoms with Gasteiger partial charge in [-0.3, -0.25) is 0 Å². The highest BCUT2D eigenvalue weighted by Crippen LogP contribution is 2.24. The molecule has 0 aliphatic heterocycles. The van der Waals surface area contributed by atoms with Crippen LogP contribution in [0.3, 0.4) is 0 Å². The Labute approximate surface area is 134 Å². The lowest BCUT2D eigenvalue weighted by Crippen LogP contribution is -2.29. The minimum Gasteiger partial charge on any atom is -0.314 e. The third-order valence-corrected chi connectivity index (χ3v) is 4.04. The summed E-state index contributed by atoms with van der Waals surface area (Å²) in [6, 6.07) is 15.7. The van der Waals surface area contributed by atoms with Gasteiger partial charge >= 0.3 is 0 Å². The first kappa shape index (κ1) is 16.2. The first-order chi connectivity index (χ1) is 10.1. The van der Waals surface area contributed by atoms with Crippen LogP contribution in [-0.4, -0.2) is 12.6 Å². The standard InChI is InChI=1S/C18H21BrFN/c1-13(2)21-12-15(17-5-3-4-6-18(17)20)11-14-7-9-16(19)10-8-14/h3-10,13,15,21H,11-12H2,1-2H3. The molecule has 0 heterocycles. The van der Waals surface area contributed by atoms with Crippen molar-refractivity contribution in [1.82, 2.24) is 5.32 Å². The zero-order valence-electron chi connectivity index (χ0n) is 12.4. The summed E-state index contributed by atoms with van der Waals surface area (Å²) < 4.78 is 15.2. The van der Waals surface area contributed by atoms with Gasteiger partial charge in [0.1, 0.15) is 5.82 Å². The largest absolute Gasteiger partial charge is 0.314 e. The lowest BCUT2D eigenvalue weighted by Gasteiger charge is -2.20. The van der Waals surface area contributed by atoms with Crippen molar-refractivity contribution >= 4 is 15.9 Å². The fraction of sp³-hybridized carbons (Fsp3) is 0.333. The number of hydrogen-bond donors (Lipinski definition) is 1. The second-order valence-corrected chi connectivity index (χ2v) is 6.53. The van der Waals surface area contributed by atoms with E-state index in [4.69, 9.17) is 0 Å². The van der Waals surface area contributed by atoms with Crippen LogP contribution < -0.4 is 5.32 Å². The zero-order valence-corrected chi connectivity index (χ0v) is 14.0. The Hall–Kier alpha value is -1.19.